The van der Waals surface area contributed by atoms with Crippen molar-refractivity contribution in [3.63, 3.8) is 0 Å². The van der Waals surface area contributed by atoms with Crippen LogP contribution in [0.15, 0.2) is 36.4 Å². The summed E-state index contributed by atoms with van der Waals surface area (Å²) in [7, 11) is 0. The van der Waals surface area contributed by atoms with Gasteiger partial charge in [-0.15, -0.1) is 0 Å². The molecule has 0 radical (unpaired) electrons. The number of rotatable bonds is 2. The number of phenolic OH excluding ortho intramolecular Hbond substituents is 1. The SMILES string of the molecule is CCc1ccc2c(c1)C(CN)c1cc(O)ccc1-2. The Morgan fingerprint density at radius 1 is 1.06 bits per heavy atom. The van der Waals surface area contributed by atoms with Gasteiger partial charge >= 0.3 is 0 Å². The number of fused-ring (bicyclic) bond motifs is 3. The Labute approximate surface area is 107 Å². The largest absolute Gasteiger partial charge is 0.508 e. The van der Waals surface area contributed by atoms with Crippen molar-refractivity contribution in [2.45, 2.75) is 19.3 Å². The molecule has 2 aromatic rings. The zero-order chi connectivity index (χ0) is 12.7. The van der Waals surface area contributed by atoms with E-state index in [2.05, 4.69) is 25.1 Å². The van der Waals surface area contributed by atoms with Crippen molar-refractivity contribution in [1.29, 1.82) is 0 Å². The molecule has 3 rings (SSSR count). The number of hydrogen-bond acceptors (Lipinski definition) is 2. The van der Waals surface area contributed by atoms with Gasteiger partial charge in [0.25, 0.3) is 0 Å². The summed E-state index contributed by atoms with van der Waals surface area (Å²) in [4.78, 5) is 0. The molecule has 1 atom stereocenters. The van der Waals surface area contributed by atoms with Crippen molar-refractivity contribution < 1.29 is 5.11 Å². The molecule has 0 aromatic heterocycles. The van der Waals surface area contributed by atoms with E-state index in [9.17, 15) is 5.11 Å². The highest BCUT2D eigenvalue weighted by Gasteiger charge is 2.27. The van der Waals surface area contributed by atoms with E-state index >= 15 is 0 Å². The summed E-state index contributed by atoms with van der Waals surface area (Å²) in [6.45, 7) is 2.74. The summed E-state index contributed by atoms with van der Waals surface area (Å²) in [5.74, 6) is 0.532. The third-order valence-corrected chi connectivity index (χ3v) is 3.84. The van der Waals surface area contributed by atoms with Gasteiger partial charge in [0.2, 0.25) is 0 Å². The summed E-state index contributed by atoms with van der Waals surface area (Å²) in [5, 5.41) is 9.65. The lowest BCUT2D eigenvalue weighted by atomic mass is 9.95. The fourth-order valence-electron chi connectivity index (χ4n) is 2.87. The molecule has 1 unspecified atom stereocenters. The number of hydrogen-bond donors (Lipinski definition) is 2. The Morgan fingerprint density at radius 3 is 2.39 bits per heavy atom. The van der Waals surface area contributed by atoms with E-state index in [0.29, 0.717) is 12.3 Å². The highest BCUT2D eigenvalue weighted by Crippen LogP contribution is 2.45. The lowest BCUT2D eigenvalue weighted by Crippen LogP contribution is -2.11. The highest BCUT2D eigenvalue weighted by molar-refractivity contribution is 5.80. The highest BCUT2D eigenvalue weighted by atomic mass is 16.3. The Bertz CT molecular complexity index is 604. The smallest absolute Gasteiger partial charge is 0.115 e. The Morgan fingerprint density at radius 2 is 1.72 bits per heavy atom. The van der Waals surface area contributed by atoms with E-state index in [1.54, 1.807) is 6.07 Å². The van der Waals surface area contributed by atoms with Crippen LogP contribution in [0, 0.1) is 0 Å². The molecule has 0 amide bonds. The lowest BCUT2D eigenvalue weighted by molar-refractivity contribution is 0.474. The van der Waals surface area contributed by atoms with Gasteiger partial charge in [-0.25, -0.2) is 0 Å². The molecule has 2 nitrogen and oxygen atoms in total. The van der Waals surface area contributed by atoms with Crippen molar-refractivity contribution in [1.82, 2.24) is 0 Å². The first-order valence-electron chi connectivity index (χ1n) is 6.40. The van der Waals surface area contributed by atoms with Gasteiger partial charge in [-0.05, 0) is 46.4 Å². The monoisotopic (exact) mass is 239 g/mol. The summed E-state index contributed by atoms with van der Waals surface area (Å²) in [6.07, 6.45) is 1.03. The standard InChI is InChI=1S/C16H17NO/c1-2-10-3-5-12-13-6-4-11(18)8-15(13)16(9-17)14(12)7-10/h3-8,16,18H,2,9,17H2,1H3. The van der Waals surface area contributed by atoms with E-state index in [1.807, 2.05) is 12.1 Å². The maximum atomic E-state index is 9.65. The van der Waals surface area contributed by atoms with Gasteiger partial charge in [0.05, 0.1) is 0 Å². The molecule has 0 fully saturated rings. The van der Waals surface area contributed by atoms with Gasteiger partial charge < -0.3 is 10.8 Å². The quantitative estimate of drug-likeness (QED) is 0.846. The van der Waals surface area contributed by atoms with Crippen LogP contribution in [-0.4, -0.2) is 11.7 Å². The summed E-state index contributed by atoms with van der Waals surface area (Å²) >= 11 is 0. The van der Waals surface area contributed by atoms with Crippen molar-refractivity contribution in [3.8, 4) is 16.9 Å². The second-order valence-electron chi connectivity index (χ2n) is 4.83. The van der Waals surface area contributed by atoms with Crippen LogP contribution in [0.4, 0.5) is 0 Å². The van der Waals surface area contributed by atoms with Crippen molar-refractivity contribution in [2.24, 2.45) is 5.73 Å². The van der Waals surface area contributed by atoms with Gasteiger partial charge in [0.15, 0.2) is 0 Å². The molecule has 0 bridgehead atoms. The van der Waals surface area contributed by atoms with Crippen molar-refractivity contribution >= 4 is 0 Å². The van der Waals surface area contributed by atoms with Crippen LogP contribution in [0.5, 0.6) is 5.75 Å². The molecule has 0 aliphatic heterocycles. The van der Waals surface area contributed by atoms with Gasteiger partial charge in [-0.3, -0.25) is 0 Å². The predicted molar refractivity (Wildman–Crippen MR) is 73.8 cm³/mol. The van der Waals surface area contributed by atoms with Gasteiger partial charge in [0.1, 0.15) is 5.75 Å². The molecular formula is C16H17NO. The number of nitrogens with two attached hydrogens (primary N) is 1. The van der Waals surface area contributed by atoms with Gasteiger partial charge in [-0.2, -0.15) is 0 Å². The molecule has 0 spiro atoms. The van der Waals surface area contributed by atoms with Gasteiger partial charge in [-0.1, -0.05) is 31.2 Å². The Balaban J connectivity index is 2.23. The Kier molecular flexibility index (Phi) is 2.60. The minimum absolute atomic E-state index is 0.216. The van der Waals surface area contributed by atoms with E-state index in [4.69, 9.17) is 5.73 Å². The second kappa shape index (κ2) is 4.14. The number of aromatic hydroxyl groups is 1. The van der Waals surface area contributed by atoms with Crippen LogP contribution >= 0.6 is 0 Å². The second-order valence-corrected chi connectivity index (χ2v) is 4.83. The Hall–Kier alpha value is -1.80. The zero-order valence-corrected chi connectivity index (χ0v) is 10.5. The lowest BCUT2D eigenvalue weighted by Gasteiger charge is -2.11. The third kappa shape index (κ3) is 1.53. The molecule has 0 saturated carbocycles. The molecule has 0 heterocycles. The molecule has 92 valence electrons. The van der Waals surface area contributed by atoms with Crippen LogP contribution in [0.25, 0.3) is 11.1 Å². The summed E-state index contributed by atoms with van der Waals surface area (Å²) in [5.41, 5.74) is 12.2. The van der Waals surface area contributed by atoms with E-state index in [-0.39, 0.29) is 5.92 Å². The number of phenols is 1. The first-order chi connectivity index (χ1) is 8.74. The maximum Gasteiger partial charge on any atom is 0.115 e. The first kappa shape index (κ1) is 11.3. The van der Waals surface area contributed by atoms with Crippen molar-refractivity contribution in [3.05, 3.63) is 53.1 Å². The fourth-order valence-corrected chi connectivity index (χ4v) is 2.87. The fraction of sp³-hybridized carbons (Fsp3) is 0.250. The van der Waals surface area contributed by atoms with E-state index < -0.39 is 0 Å². The minimum atomic E-state index is 0.216. The zero-order valence-electron chi connectivity index (χ0n) is 10.5. The first-order valence-corrected chi connectivity index (χ1v) is 6.40. The minimum Gasteiger partial charge on any atom is -0.508 e. The molecule has 3 N–H and O–H groups in total. The topological polar surface area (TPSA) is 46.2 Å². The molecular weight excluding hydrogens is 222 g/mol. The van der Waals surface area contributed by atoms with Crippen LogP contribution < -0.4 is 5.73 Å². The third-order valence-electron chi connectivity index (χ3n) is 3.84. The van der Waals surface area contributed by atoms with Crippen LogP contribution in [0.2, 0.25) is 0 Å². The van der Waals surface area contributed by atoms with Crippen LogP contribution in [0.3, 0.4) is 0 Å². The molecule has 18 heavy (non-hydrogen) atoms. The van der Waals surface area contributed by atoms with E-state index in [0.717, 1.165) is 12.0 Å². The average Bonchev–Trinajstić information content (AvgIpc) is 2.70. The number of benzene rings is 2. The van der Waals surface area contributed by atoms with Gasteiger partial charge in [0, 0.05) is 12.5 Å². The normalized spacial score (nSPS) is 16.4. The van der Waals surface area contributed by atoms with Crippen molar-refractivity contribution in [2.75, 3.05) is 6.54 Å². The molecule has 2 heteroatoms. The summed E-state index contributed by atoms with van der Waals surface area (Å²) < 4.78 is 0. The van der Waals surface area contributed by atoms with E-state index in [1.165, 1.54) is 22.3 Å². The molecule has 0 saturated heterocycles. The molecule has 2 aromatic carbocycles. The average molecular weight is 239 g/mol. The molecule has 1 aliphatic rings. The van der Waals surface area contributed by atoms with Crippen LogP contribution in [0.1, 0.15) is 29.5 Å². The molecule has 1 aliphatic carbocycles. The van der Waals surface area contributed by atoms with Crippen LogP contribution in [-0.2, 0) is 6.42 Å². The maximum absolute atomic E-state index is 9.65. The summed E-state index contributed by atoms with van der Waals surface area (Å²) in [6, 6.07) is 12.2. The number of aryl methyl sites for hydroxylation is 1. The predicted octanol–water partition coefficient (Wildman–Crippen LogP) is 3.03.